The lowest BCUT2D eigenvalue weighted by molar-refractivity contribution is -0.137. The zero-order valence-electron chi connectivity index (χ0n) is 14.3. The molecule has 0 radical (unpaired) electrons. The largest absolute Gasteiger partial charge is 0.435 e. The predicted molar refractivity (Wildman–Crippen MR) is 87.5 cm³/mol. The summed E-state index contributed by atoms with van der Waals surface area (Å²) < 4.78 is 50.6. The van der Waals surface area contributed by atoms with Crippen molar-refractivity contribution in [2.45, 2.75) is 51.3 Å². The van der Waals surface area contributed by atoms with Gasteiger partial charge in [0.05, 0.1) is 5.56 Å². The second-order valence-electron chi connectivity index (χ2n) is 6.92. The average molecular weight is 351 g/mol. The van der Waals surface area contributed by atoms with Crippen molar-refractivity contribution in [1.29, 1.82) is 0 Å². The smallest absolute Gasteiger partial charge is 0.416 e. The van der Waals surface area contributed by atoms with Gasteiger partial charge in [0.15, 0.2) is 8.32 Å². The van der Waals surface area contributed by atoms with Gasteiger partial charge in [-0.2, -0.15) is 13.2 Å². The van der Waals surface area contributed by atoms with Crippen molar-refractivity contribution < 1.29 is 21.7 Å². The molecule has 1 aromatic carbocycles. The minimum Gasteiger partial charge on any atom is -0.435 e. The van der Waals surface area contributed by atoms with Crippen molar-refractivity contribution in [2.75, 3.05) is 7.11 Å². The Morgan fingerprint density at radius 2 is 1.45 bits per heavy atom. The first-order valence-electron chi connectivity index (χ1n) is 7.16. The van der Waals surface area contributed by atoms with Crippen LogP contribution in [0.1, 0.15) is 25.0 Å². The van der Waals surface area contributed by atoms with Crippen molar-refractivity contribution in [3.63, 3.8) is 0 Å². The third kappa shape index (κ3) is 4.21. The van der Waals surface area contributed by atoms with E-state index in [4.69, 9.17) is 8.54 Å². The highest BCUT2D eigenvalue weighted by molar-refractivity contribution is 6.83. The van der Waals surface area contributed by atoms with E-state index in [1.54, 1.807) is 13.2 Å². The number of rotatable bonds is 5. The van der Waals surface area contributed by atoms with E-state index in [1.807, 2.05) is 40.0 Å². The van der Waals surface area contributed by atoms with Crippen LogP contribution in [0.4, 0.5) is 13.2 Å². The van der Waals surface area contributed by atoms with Gasteiger partial charge in [-0.15, -0.1) is 0 Å². The second-order valence-corrected chi connectivity index (χ2v) is 15.2. The monoisotopic (exact) mass is 350 g/mol. The summed E-state index contributed by atoms with van der Waals surface area (Å²) in [5.74, 6) is 0. The highest BCUT2D eigenvalue weighted by Gasteiger charge is 2.47. The predicted octanol–water partition coefficient (Wildman–Crippen LogP) is 5.09. The first kappa shape index (κ1) is 19.4. The van der Waals surface area contributed by atoms with Crippen LogP contribution in [-0.4, -0.2) is 24.0 Å². The lowest BCUT2D eigenvalue weighted by atomic mass is 9.99. The lowest BCUT2D eigenvalue weighted by Crippen LogP contribution is -2.56. The van der Waals surface area contributed by atoms with E-state index in [9.17, 15) is 13.2 Å². The van der Waals surface area contributed by atoms with Gasteiger partial charge in [-0.25, -0.2) is 0 Å². The Labute approximate surface area is 133 Å². The fourth-order valence-corrected chi connectivity index (χ4v) is 9.34. The van der Waals surface area contributed by atoms with E-state index >= 15 is 0 Å². The number of halogens is 3. The summed E-state index contributed by atoms with van der Waals surface area (Å²) in [4.78, 5) is 0. The summed E-state index contributed by atoms with van der Waals surface area (Å²) in [5.41, 5.74) is 0.0333. The van der Waals surface area contributed by atoms with Crippen molar-refractivity contribution >= 4 is 16.9 Å². The molecule has 0 heterocycles. The summed E-state index contributed by atoms with van der Waals surface area (Å²) in [6, 6.07) is 5.54. The van der Waals surface area contributed by atoms with Crippen LogP contribution in [0, 0.1) is 0 Å². The highest BCUT2D eigenvalue weighted by Crippen LogP contribution is 2.38. The minimum absolute atomic E-state index is 0.475. The Hall–Kier alpha value is -0.636. The van der Waals surface area contributed by atoms with Gasteiger partial charge in [-0.1, -0.05) is 32.0 Å². The Morgan fingerprint density at radius 3 is 1.91 bits per heavy atom. The van der Waals surface area contributed by atoms with Gasteiger partial charge in [-0.05, 0) is 37.8 Å². The molecule has 22 heavy (non-hydrogen) atoms. The molecule has 0 aliphatic rings. The van der Waals surface area contributed by atoms with Crippen LogP contribution in [0.15, 0.2) is 24.3 Å². The fourth-order valence-electron chi connectivity index (χ4n) is 2.22. The van der Waals surface area contributed by atoms with E-state index in [1.165, 1.54) is 12.1 Å². The van der Waals surface area contributed by atoms with Crippen molar-refractivity contribution in [1.82, 2.24) is 0 Å². The molecule has 0 fully saturated rings. The fraction of sp³-hybridized carbons (Fsp3) is 0.600. The summed E-state index contributed by atoms with van der Waals surface area (Å²) in [6.45, 7) is 11.9. The molecule has 0 aliphatic heterocycles. The molecule has 0 saturated heterocycles. The van der Waals surface area contributed by atoms with Gasteiger partial charge >= 0.3 is 14.7 Å². The third-order valence-electron chi connectivity index (χ3n) is 4.41. The van der Waals surface area contributed by atoms with Crippen LogP contribution >= 0.6 is 0 Å². The first-order chi connectivity index (χ1) is 9.73. The zero-order valence-corrected chi connectivity index (χ0v) is 16.3. The number of alkyl halides is 3. The Morgan fingerprint density at radius 1 is 0.955 bits per heavy atom. The Balaban J connectivity index is 3.23. The lowest BCUT2D eigenvalue weighted by Gasteiger charge is -2.44. The Kier molecular flexibility index (Phi) is 5.39. The molecule has 1 aromatic rings. The second kappa shape index (κ2) is 6.11. The van der Waals surface area contributed by atoms with Crippen LogP contribution in [0.2, 0.25) is 26.2 Å². The maximum Gasteiger partial charge on any atom is 0.416 e. The standard InChI is InChI=1S/C15H25F3O2Si2/c1-14(2,21(4,5)20-22(6,7)19-3)12-9-8-10-13(11-12)15(16,17)18/h8-11H,1-7H3. The summed E-state index contributed by atoms with van der Waals surface area (Å²) in [7, 11) is -2.99. The van der Waals surface area contributed by atoms with Gasteiger partial charge in [-0.3, -0.25) is 0 Å². The topological polar surface area (TPSA) is 18.5 Å². The summed E-state index contributed by atoms with van der Waals surface area (Å²) in [6.07, 6.45) is -4.33. The molecule has 0 aliphatic carbocycles. The van der Waals surface area contributed by atoms with Crippen LogP contribution < -0.4 is 0 Å². The normalized spacial score (nSPS) is 14.3. The molecule has 1 rings (SSSR count). The number of hydrogen-bond donors (Lipinski definition) is 0. The van der Waals surface area contributed by atoms with Gasteiger partial charge in [0.1, 0.15) is 0 Å². The van der Waals surface area contributed by atoms with E-state index in [0.29, 0.717) is 5.56 Å². The maximum absolute atomic E-state index is 12.9. The first-order valence-corrected chi connectivity index (χ1v) is 12.9. The molecule has 0 N–H and O–H groups in total. The van der Waals surface area contributed by atoms with Crippen molar-refractivity contribution in [3.05, 3.63) is 35.4 Å². The molecular formula is C15H25F3O2Si2. The van der Waals surface area contributed by atoms with Crippen LogP contribution in [0.5, 0.6) is 0 Å². The van der Waals surface area contributed by atoms with E-state index < -0.39 is 33.7 Å². The third-order valence-corrected chi connectivity index (χ3v) is 12.7. The van der Waals surface area contributed by atoms with E-state index in [2.05, 4.69) is 0 Å². The number of hydrogen-bond acceptors (Lipinski definition) is 2. The van der Waals surface area contributed by atoms with Crippen LogP contribution in [-0.2, 0) is 19.8 Å². The van der Waals surface area contributed by atoms with Crippen LogP contribution in [0.3, 0.4) is 0 Å². The van der Waals surface area contributed by atoms with E-state index in [0.717, 1.165) is 6.07 Å². The molecule has 0 spiro atoms. The Bertz CT molecular complexity index is 526. The minimum atomic E-state index is -4.33. The van der Waals surface area contributed by atoms with E-state index in [-0.39, 0.29) is 0 Å². The average Bonchev–Trinajstić information content (AvgIpc) is 2.36. The van der Waals surface area contributed by atoms with Crippen molar-refractivity contribution in [2.24, 2.45) is 0 Å². The zero-order chi connectivity index (χ0) is 17.4. The van der Waals surface area contributed by atoms with Crippen LogP contribution in [0.25, 0.3) is 0 Å². The molecule has 0 unspecified atom stereocenters. The quantitative estimate of drug-likeness (QED) is 0.689. The molecule has 126 valence electrons. The number of benzene rings is 1. The molecule has 0 bridgehead atoms. The van der Waals surface area contributed by atoms with Gasteiger partial charge in [0.2, 0.25) is 0 Å². The SMILES string of the molecule is CO[Si](C)(C)O[Si](C)(C)C(C)(C)c1cccc(C(F)(F)F)c1. The molecule has 0 saturated carbocycles. The van der Waals surface area contributed by atoms with Crippen molar-refractivity contribution in [3.8, 4) is 0 Å². The molecule has 2 nitrogen and oxygen atoms in total. The molecule has 7 heteroatoms. The molecule has 0 amide bonds. The molecule has 0 atom stereocenters. The van der Waals surface area contributed by atoms with Gasteiger partial charge in [0, 0.05) is 12.1 Å². The summed E-state index contributed by atoms with van der Waals surface area (Å²) in [5, 5.41) is -0.475. The maximum atomic E-state index is 12.9. The summed E-state index contributed by atoms with van der Waals surface area (Å²) >= 11 is 0. The van der Waals surface area contributed by atoms with Gasteiger partial charge in [0.25, 0.3) is 0 Å². The molecule has 0 aromatic heterocycles. The molecular weight excluding hydrogens is 325 g/mol. The van der Waals surface area contributed by atoms with Gasteiger partial charge < -0.3 is 8.54 Å². The highest BCUT2D eigenvalue weighted by atomic mass is 28.4.